The molecule has 0 spiro atoms. The summed E-state index contributed by atoms with van der Waals surface area (Å²) in [5.74, 6) is -1.00. The van der Waals surface area contributed by atoms with Gasteiger partial charge in [-0.25, -0.2) is 4.79 Å². The number of anilines is 1. The molecule has 0 saturated carbocycles. The topological polar surface area (TPSA) is 85.6 Å². The molecule has 0 aliphatic heterocycles. The molecule has 3 aromatic rings. The summed E-state index contributed by atoms with van der Waals surface area (Å²) in [6.45, 7) is -0.366. The van der Waals surface area contributed by atoms with E-state index in [2.05, 4.69) is 31.4 Å². The predicted molar refractivity (Wildman–Crippen MR) is 86.0 cm³/mol. The minimum absolute atomic E-state index is 0.314. The molecule has 0 aliphatic rings. The summed E-state index contributed by atoms with van der Waals surface area (Å²) in [4.78, 5) is 23.7. The maximum absolute atomic E-state index is 11.9. The lowest BCUT2D eigenvalue weighted by Gasteiger charge is -2.07. The van der Waals surface area contributed by atoms with Gasteiger partial charge in [0.05, 0.1) is 5.56 Å². The van der Waals surface area contributed by atoms with Crippen molar-refractivity contribution in [1.82, 2.24) is 14.6 Å². The number of carbonyl (C=O) groups is 2. The first-order valence-corrected chi connectivity index (χ1v) is 7.43. The summed E-state index contributed by atoms with van der Waals surface area (Å²) < 4.78 is 7.50. The number of hydrogen-bond donors (Lipinski definition) is 1. The van der Waals surface area contributed by atoms with Crippen LogP contribution in [0.1, 0.15) is 10.4 Å². The molecule has 116 valence electrons. The van der Waals surface area contributed by atoms with E-state index in [1.165, 1.54) is 6.33 Å². The van der Waals surface area contributed by atoms with Gasteiger partial charge in [0, 0.05) is 16.4 Å². The number of nitrogens with one attached hydrogen (secondary N) is 1. The smallest absolute Gasteiger partial charge is 0.340 e. The Balaban J connectivity index is 1.57. The van der Waals surface area contributed by atoms with E-state index in [4.69, 9.17) is 4.74 Å². The van der Waals surface area contributed by atoms with Crippen LogP contribution < -0.4 is 5.32 Å². The van der Waals surface area contributed by atoms with Crippen LogP contribution in [0.15, 0.2) is 53.4 Å². The van der Waals surface area contributed by atoms with Crippen LogP contribution in [0.3, 0.4) is 0 Å². The molecule has 0 atom stereocenters. The van der Waals surface area contributed by atoms with Gasteiger partial charge < -0.3 is 10.1 Å². The largest absolute Gasteiger partial charge is 0.452 e. The Bertz CT molecular complexity index is 861. The van der Waals surface area contributed by atoms with Crippen LogP contribution in [0.4, 0.5) is 5.69 Å². The van der Waals surface area contributed by atoms with E-state index < -0.39 is 11.9 Å². The highest BCUT2D eigenvalue weighted by Gasteiger charge is 2.11. The fraction of sp³-hybridized carbons (Fsp3) is 0.0667. The third kappa shape index (κ3) is 3.72. The van der Waals surface area contributed by atoms with Crippen molar-refractivity contribution in [1.29, 1.82) is 0 Å². The number of ether oxygens (including phenoxy) is 1. The SMILES string of the molecule is O=C(COC(=O)c1ccc2nncn2c1)Nc1ccc(Br)cc1. The first-order chi connectivity index (χ1) is 11.1. The van der Waals surface area contributed by atoms with E-state index in [-0.39, 0.29) is 6.61 Å². The Hall–Kier alpha value is -2.74. The average Bonchev–Trinajstić information content (AvgIpc) is 3.02. The Morgan fingerprint density at radius 1 is 1.17 bits per heavy atom. The van der Waals surface area contributed by atoms with Gasteiger partial charge in [0.2, 0.25) is 0 Å². The van der Waals surface area contributed by atoms with Gasteiger partial charge in [-0.2, -0.15) is 0 Å². The molecule has 0 unspecified atom stereocenters. The number of pyridine rings is 1. The van der Waals surface area contributed by atoms with Gasteiger partial charge in [-0.05, 0) is 36.4 Å². The Morgan fingerprint density at radius 2 is 1.96 bits per heavy atom. The van der Waals surface area contributed by atoms with E-state index in [1.807, 2.05) is 0 Å². The van der Waals surface area contributed by atoms with Crippen molar-refractivity contribution in [2.75, 3.05) is 11.9 Å². The van der Waals surface area contributed by atoms with Gasteiger partial charge in [0.25, 0.3) is 5.91 Å². The fourth-order valence-electron chi connectivity index (χ4n) is 1.89. The zero-order valence-electron chi connectivity index (χ0n) is 11.8. The second-order valence-corrected chi connectivity index (χ2v) is 5.56. The monoisotopic (exact) mass is 374 g/mol. The molecule has 1 aromatic carbocycles. The van der Waals surface area contributed by atoms with Gasteiger partial charge >= 0.3 is 5.97 Å². The molecule has 8 heteroatoms. The molecule has 23 heavy (non-hydrogen) atoms. The number of nitrogens with zero attached hydrogens (tertiary/aromatic N) is 3. The van der Waals surface area contributed by atoms with Crippen LogP contribution in [0, 0.1) is 0 Å². The van der Waals surface area contributed by atoms with Crippen LogP contribution >= 0.6 is 15.9 Å². The lowest BCUT2D eigenvalue weighted by molar-refractivity contribution is -0.119. The number of hydrogen-bond acceptors (Lipinski definition) is 5. The number of esters is 1. The zero-order valence-corrected chi connectivity index (χ0v) is 13.4. The first-order valence-electron chi connectivity index (χ1n) is 6.64. The van der Waals surface area contributed by atoms with Crippen molar-refractivity contribution in [2.24, 2.45) is 0 Å². The summed E-state index contributed by atoms with van der Waals surface area (Å²) in [5, 5.41) is 10.2. The molecular weight excluding hydrogens is 364 g/mol. The minimum atomic E-state index is -0.591. The van der Waals surface area contributed by atoms with E-state index in [0.717, 1.165) is 4.47 Å². The van der Waals surface area contributed by atoms with Crippen molar-refractivity contribution in [2.45, 2.75) is 0 Å². The Kier molecular flexibility index (Phi) is 4.33. The summed E-state index contributed by atoms with van der Waals surface area (Å²) in [7, 11) is 0. The number of aromatic nitrogens is 3. The number of fused-ring (bicyclic) bond motifs is 1. The molecule has 2 aromatic heterocycles. The number of amides is 1. The normalized spacial score (nSPS) is 10.5. The summed E-state index contributed by atoms with van der Waals surface area (Å²) in [5.41, 5.74) is 1.56. The van der Waals surface area contributed by atoms with Gasteiger partial charge in [-0.15, -0.1) is 10.2 Å². The molecule has 1 amide bonds. The minimum Gasteiger partial charge on any atom is -0.452 e. The zero-order chi connectivity index (χ0) is 16.2. The maximum Gasteiger partial charge on any atom is 0.340 e. The molecule has 0 saturated heterocycles. The Morgan fingerprint density at radius 3 is 2.74 bits per heavy atom. The molecule has 3 rings (SSSR count). The molecule has 1 N–H and O–H groups in total. The first kappa shape index (κ1) is 15.2. The van der Waals surface area contributed by atoms with E-state index in [9.17, 15) is 9.59 Å². The number of benzene rings is 1. The molecule has 0 aliphatic carbocycles. The molecule has 0 fully saturated rings. The highest BCUT2D eigenvalue weighted by Crippen LogP contribution is 2.14. The Labute approximate surface area is 139 Å². The van der Waals surface area contributed by atoms with E-state index >= 15 is 0 Å². The van der Waals surface area contributed by atoms with Crippen LogP contribution in [0.2, 0.25) is 0 Å². The number of rotatable bonds is 4. The van der Waals surface area contributed by atoms with Crippen molar-refractivity contribution >= 4 is 39.1 Å². The van der Waals surface area contributed by atoms with Crippen LogP contribution in [-0.2, 0) is 9.53 Å². The van der Waals surface area contributed by atoms with Crippen LogP contribution in [0.5, 0.6) is 0 Å². The summed E-state index contributed by atoms with van der Waals surface area (Å²) >= 11 is 3.31. The predicted octanol–water partition coefficient (Wildman–Crippen LogP) is 2.29. The molecule has 7 nitrogen and oxygen atoms in total. The van der Waals surface area contributed by atoms with Crippen molar-refractivity contribution < 1.29 is 14.3 Å². The standard InChI is InChI=1S/C15H11BrN4O3/c16-11-2-4-12(5-3-11)18-14(21)8-23-15(22)10-1-6-13-19-17-9-20(13)7-10/h1-7,9H,8H2,(H,18,21). The van der Waals surface area contributed by atoms with Crippen LogP contribution in [-0.4, -0.2) is 33.1 Å². The average molecular weight is 375 g/mol. The lowest BCUT2D eigenvalue weighted by Crippen LogP contribution is -2.21. The quantitative estimate of drug-likeness (QED) is 0.708. The fourth-order valence-corrected chi connectivity index (χ4v) is 2.16. The van der Waals surface area contributed by atoms with E-state index in [0.29, 0.717) is 16.9 Å². The van der Waals surface area contributed by atoms with Crippen molar-refractivity contribution in [3.05, 3.63) is 59.0 Å². The number of halogens is 1. The van der Waals surface area contributed by atoms with Gasteiger partial charge in [0.1, 0.15) is 6.33 Å². The third-order valence-electron chi connectivity index (χ3n) is 2.99. The van der Waals surface area contributed by atoms with Crippen molar-refractivity contribution in [3.8, 4) is 0 Å². The highest BCUT2D eigenvalue weighted by atomic mass is 79.9. The van der Waals surface area contributed by atoms with Gasteiger partial charge in [-0.3, -0.25) is 9.20 Å². The van der Waals surface area contributed by atoms with Gasteiger partial charge in [0.15, 0.2) is 12.3 Å². The molecule has 0 bridgehead atoms. The lowest BCUT2D eigenvalue weighted by atomic mass is 10.3. The maximum atomic E-state index is 11.9. The van der Waals surface area contributed by atoms with Crippen molar-refractivity contribution in [3.63, 3.8) is 0 Å². The molecule has 2 heterocycles. The summed E-state index contributed by atoms with van der Waals surface area (Å²) in [6.07, 6.45) is 3.02. The second-order valence-electron chi connectivity index (χ2n) is 4.65. The highest BCUT2D eigenvalue weighted by molar-refractivity contribution is 9.10. The van der Waals surface area contributed by atoms with Gasteiger partial charge in [-0.1, -0.05) is 15.9 Å². The second kappa shape index (κ2) is 6.57. The molecular formula is C15H11BrN4O3. The number of carbonyl (C=O) groups excluding carboxylic acids is 2. The summed E-state index contributed by atoms with van der Waals surface area (Å²) in [6, 6.07) is 10.3. The van der Waals surface area contributed by atoms with Crippen LogP contribution in [0.25, 0.3) is 5.65 Å². The third-order valence-corrected chi connectivity index (χ3v) is 3.52. The molecule has 0 radical (unpaired) electrons. The van der Waals surface area contributed by atoms with E-state index in [1.54, 1.807) is 47.0 Å².